The van der Waals surface area contributed by atoms with E-state index < -0.39 is 0 Å². The number of rotatable bonds is 7. The first-order chi connectivity index (χ1) is 10.8. The lowest BCUT2D eigenvalue weighted by Gasteiger charge is -2.39. The zero-order valence-corrected chi connectivity index (χ0v) is 13.1. The molecular formula is C16H19N3O2S. The number of hydrogen-bond acceptors (Lipinski definition) is 5. The molecule has 0 atom stereocenters. The van der Waals surface area contributed by atoms with Gasteiger partial charge in [0.1, 0.15) is 0 Å². The molecule has 1 aromatic carbocycles. The van der Waals surface area contributed by atoms with E-state index in [2.05, 4.69) is 21.3 Å². The highest BCUT2D eigenvalue weighted by Gasteiger charge is 2.38. The lowest BCUT2D eigenvalue weighted by atomic mass is 9.90. The van der Waals surface area contributed by atoms with E-state index in [1.807, 2.05) is 36.4 Å². The molecular weight excluding hydrogens is 298 g/mol. The minimum atomic E-state index is -0.136. The standard InChI is InChI=1S/C16H19N3O2S/c1-2-8-19-14(13-6-4-3-5-7-13)17-18-15(19)22-12-16(9-20)10-21-11-16/h2-7,20H,1,8-12H2. The Hall–Kier alpha value is -1.63. The number of aliphatic hydroxyl groups excluding tert-OH is 1. The molecule has 1 N–H and O–H groups in total. The van der Waals surface area contributed by atoms with E-state index in [0.29, 0.717) is 19.8 Å². The van der Waals surface area contributed by atoms with Gasteiger partial charge in [0.25, 0.3) is 0 Å². The smallest absolute Gasteiger partial charge is 0.191 e. The number of benzene rings is 1. The molecule has 6 heteroatoms. The maximum Gasteiger partial charge on any atom is 0.191 e. The van der Waals surface area contributed by atoms with Gasteiger partial charge in [0.15, 0.2) is 11.0 Å². The van der Waals surface area contributed by atoms with Crippen molar-refractivity contribution >= 4 is 11.8 Å². The second-order valence-electron chi connectivity index (χ2n) is 5.51. The highest BCUT2D eigenvalue weighted by atomic mass is 32.2. The molecule has 0 spiro atoms. The lowest BCUT2D eigenvalue weighted by Crippen LogP contribution is -2.47. The number of aliphatic hydroxyl groups is 1. The van der Waals surface area contributed by atoms with Gasteiger partial charge in [-0.2, -0.15) is 0 Å². The summed E-state index contributed by atoms with van der Waals surface area (Å²) in [6.07, 6.45) is 1.84. The number of hydrogen-bond donors (Lipinski definition) is 1. The topological polar surface area (TPSA) is 60.2 Å². The van der Waals surface area contributed by atoms with Crippen molar-refractivity contribution < 1.29 is 9.84 Å². The highest BCUT2D eigenvalue weighted by molar-refractivity contribution is 7.99. The van der Waals surface area contributed by atoms with E-state index in [1.165, 1.54) is 0 Å². The quantitative estimate of drug-likeness (QED) is 0.627. The normalized spacial score (nSPS) is 16.2. The number of ether oxygens (including phenoxy) is 1. The Balaban J connectivity index is 1.82. The van der Waals surface area contributed by atoms with Crippen LogP contribution in [0.25, 0.3) is 11.4 Å². The van der Waals surface area contributed by atoms with Gasteiger partial charge in [0, 0.05) is 23.3 Å². The van der Waals surface area contributed by atoms with Crippen molar-refractivity contribution in [2.24, 2.45) is 5.41 Å². The van der Waals surface area contributed by atoms with Crippen molar-refractivity contribution in [1.82, 2.24) is 14.8 Å². The second kappa shape index (κ2) is 6.64. The minimum absolute atomic E-state index is 0.136. The van der Waals surface area contributed by atoms with Crippen LogP contribution in [0.15, 0.2) is 48.1 Å². The lowest BCUT2D eigenvalue weighted by molar-refractivity contribution is -0.121. The largest absolute Gasteiger partial charge is 0.396 e. The minimum Gasteiger partial charge on any atom is -0.396 e. The van der Waals surface area contributed by atoms with Crippen molar-refractivity contribution in [3.63, 3.8) is 0 Å². The summed E-state index contributed by atoms with van der Waals surface area (Å²) in [5, 5.41) is 19.0. The molecule has 0 amide bonds. The third-order valence-electron chi connectivity index (χ3n) is 3.72. The predicted molar refractivity (Wildman–Crippen MR) is 86.7 cm³/mol. The van der Waals surface area contributed by atoms with Crippen LogP contribution in [0.3, 0.4) is 0 Å². The van der Waals surface area contributed by atoms with Gasteiger partial charge >= 0.3 is 0 Å². The van der Waals surface area contributed by atoms with E-state index >= 15 is 0 Å². The second-order valence-corrected chi connectivity index (χ2v) is 6.45. The molecule has 1 aliphatic rings. The third kappa shape index (κ3) is 2.95. The zero-order chi connectivity index (χ0) is 15.4. The molecule has 2 heterocycles. The first kappa shape index (κ1) is 15.3. The van der Waals surface area contributed by atoms with Crippen LogP contribution in [0.4, 0.5) is 0 Å². The summed E-state index contributed by atoms with van der Waals surface area (Å²) < 4.78 is 7.29. The van der Waals surface area contributed by atoms with E-state index in [-0.39, 0.29) is 12.0 Å². The molecule has 1 fully saturated rings. The summed E-state index contributed by atoms with van der Waals surface area (Å²) in [5.74, 6) is 1.61. The van der Waals surface area contributed by atoms with E-state index in [9.17, 15) is 5.11 Å². The summed E-state index contributed by atoms with van der Waals surface area (Å²) >= 11 is 1.61. The molecule has 5 nitrogen and oxygen atoms in total. The van der Waals surface area contributed by atoms with Crippen LogP contribution < -0.4 is 0 Å². The Morgan fingerprint density at radius 2 is 2.09 bits per heavy atom. The molecule has 0 radical (unpaired) electrons. The molecule has 1 aromatic heterocycles. The maximum atomic E-state index is 9.52. The monoisotopic (exact) mass is 317 g/mol. The predicted octanol–water partition coefficient (Wildman–Crippen LogP) is 2.23. The summed E-state index contributed by atoms with van der Waals surface area (Å²) in [6, 6.07) is 10.00. The number of allylic oxidation sites excluding steroid dienone is 1. The third-order valence-corrected chi connectivity index (χ3v) is 5.04. The van der Waals surface area contributed by atoms with Crippen LogP contribution in [0, 0.1) is 5.41 Å². The molecule has 116 valence electrons. The molecule has 0 unspecified atom stereocenters. The first-order valence-corrected chi connectivity index (χ1v) is 8.17. The van der Waals surface area contributed by atoms with Gasteiger partial charge in [-0.25, -0.2) is 0 Å². The molecule has 0 saturated carbocycles. The van der Waals surface area contributed by atoms with E-state index in [1.54, 1.807) is 11.8 Å². The molecule has 22 heavy (non-hydrogen) atoms. The fourth-order valence-electron chi connectivity index (χ4n) is 2.32. The zero-order valence-electron chi connectivity index (χ0n) is 12.3. The summed E-state index contributed by atoms with van der Waals surface area (Å²) in [5.41, 5.74) is 0.898. The molecule has 2 aromatic rings. The van der Waals surface area contributed by atoms with Gasteiger partial charge in [-0.1, -0.05) is 48.2 Å². The number of thioether (sulfide) groups is 1. The Labute approximate surface area is 134 Å². The number of nitrogens with zero attached hydrogens (tertiary/aromatic N) is 3. The van der Waals surface area contributed by atoms with Gasteiger partial charge in [0.05, 0.1) is 19.8 Å². The molecule has 0 aliphatic carbocycles. The molecule has 3 rings (SSSR count). The SMILES string of the molecule is C=CCn1c(SCC2(CO)COC2)nnc1-c1ccccc1. The fraction of sp³-hybridized carbons (Fsp3) is 0.375. The average molecular weight is 317 g/mol. The van der Waals surface area contributed by atoms with Gasteiger partial charge in [-0.3, -0.25) is 4.57 Å². The van der Waals surface area contributed by atoms with E-state index in [4.69, 9.17) is 4.74 Å². The molecule has 1 aliphatic heterocycles. The van der Waals surface area contributed by atoms with Crippen LogP contribution >= 0.6 is 11.8 Å². The summed E-state index contributed by atoms with van der Waals surface area (Å²) in [6.45, 7) is 5.83. The number of aromatic nitrogens is 3. The highest BCUT2D eigenvalue weighted by Crippen LogP contribution is 2.34. The van der Waals surface area contributed by atoms with Crippen LogP contribution in [-0.2, 0) is 11.3 Å². The van der Waals surface area contributed by atoms with Gasteiger partial charge in [-0.05, 0) is 0 Å². The molecule has 1 saturated heterocycles. The first-order valence-electron chi connectivity index (χ1n) is 7.19. The van der Waals surface area contributed by atoms with Crippen LogP contribution in [0.5, 0.6) is 0 Å². The van der Waals surface area contributed by atoms with E-state index in [0.717, 1.165) is 22.3 Å². The van der Waals surface area contributed by atoms with Crippen molar-refractivity contribution in [1.29, 1.82) is 0 Å². The Bertz CT molecular complexity index is 633. The average Bonchev–Trinajstić information content (AvgIpc) is 2.91. The Kier molecular flexibility index (Phi) is 4.61. The van der Waals surface area contributed by atoms with Crippen LogP contribution in [0.2, 0.25) is 0 Å². The maximum absolute atomic E-state index is 9.52. The Morgan fingerprint density at radius 3 is 2.68 bits per heavy atom. The van der Waals surface area contributed by atoms with Crippen molar-refractivity contribution in [3.05, 3.63) is 43.0 Å². The Morgan fingerprint density at radius 1 is 1.32 bits per heavy atom. The fourth-order valence-corrected chi connectivity index (χ4v) is 3.43. The van der Waals surface area contributed by atoms with Crippen molar-refractivity contribution in [2.45, 2.75) is 11.7 Å². The van der Waals surface area contributed by atoms with Crippen LogP contribution in [-0.4, -0.2) is 45.4 Å². The van der Waals surface area contributed by atoms with Gasteiger partial charge < -0.3 is 9.84 Å². The van der Waals surface area contributed by atoms with Crippen molar-refractivity contribution in [3.8, 4) is 11.4 Å². The van der Waals surface area contributed by atoms with Crippen LogP contribution in [0.1, 0.15) is 0 Å². The van der Waals surface area contributed by atoms with Gasteiger partial charge in [-0.15, -0.1) is 16.8 Å². The summed E-state index contributed by atoms with van der Waals surface area (Å²) in [7, 11) is 0. The summed E-state index contributed by atoms with van der Waals surface area (Å²) in [4.78, 5) is 0. The van der Waals surface area contributed by atoms with Gasteiger partial charge in [0.2, 0.25) is 0 Å². The van der Waals surface area contributed by atoms with Crippen molar-refractivity contribution in [2.75, 3.05) is 25.6 Å². The molecule has 0 bridgehead atoms.